The summed E-state index contributed by atoms with van der Waals surface area (Å²) in [6.07, 6.45) is 9.44. The average Bonchev–Trinajstić information content (AvgIpc) is 2.86. The van der Waals surface area contributed by atoms with Crippen LogP contribution in [-0.2, 0) is 12.8 Å². The Kier molecular flexibility index (Phi) is 10.0. The standard InChI is InChI=1S/C15H21NO.C14H19NO2.BrH.ClH/c1-10-5-6-11-12-4-3-9-16-14(12)8-7-13(11)15(10)17-2;1-15-8-2-3-10-9-5-7-13(16)14(17)11(9)4-6-12(10)15;;/h5-6,12,14,16H,3-4,7-9H2,1-2H3;5,7,10,12,16-17H,2-4,6,8H2,1H3;2*1H/t12-,14-;10-,12-;;/m11../s1. The number of benzene rings is 2. The Hall–Kier alpha value is -1.47. The van der Waals surface area contributed by atoms with E-state index in [0.717, 1.165) is 30.6 Å². The highest BCUT2D eigenvalue weighted by molar-refractivity contribution is 8.93. The van der Waals surface area contributed by atoms with Crippen LogP contribution in [0.4, 0.5) is 0 Å². The van der Waals surface area contributed by atoms with Crippen LogP contribution in [0, 0.1) is 6.92 Å². The van der Waals surface area contributed by atoms with Crippen LogP contribution in [0.5, 0.6) is 17.2 Å². The first-order valence-corrected chi connectivity index (χ1v) is 13.1. The predicted octanol–water partition coefficient (Wildman–Crippen LogP) is 6.01. The van der Waals surface area contributed by atoms with E-state index in [1.165, 1.54) is 67.4 Å². The fourth-order valence-corrected chi connectivity index (χ4v) is 7.13. The van der Waals surface area contributed by atoms with Crippen molar-refractivity contribution < 1.29 is 14.9 Å². The van der Waals surface area contributed by atoms with Gasteiger partial charge in [-0.15, -0.1) is 29.4 Å². The van der Waals surface area contributed by atoms with E-state index in [2.05, 4.69) is 36.3 Å². The van der Waals surface area contributed by atoms with Crippen LogP contribution in [0.15, 0.2) is 24.3 Å². The number of phenols is 2. The lowest BCUT2D eigenvalue weighted by Crippen LogP contribution is -2.43. The van der Waals surface area contributed by atoms with Gasteiger partial charge in [-0.1, -0.05) is 18.2 Å². The zero-order chi connectivity index (χ0) is 23.8. The summed E-state index contributed by atoms with van der Waals surface area (Å²) in [6.45, 7) is 4.52. The zero-order valence-corrected chi connectivity index (χ0v) is 24.3. The lowest BCUT2D eigenvalue weighted by molar-refractivity contribution is 0.143. The van der Waals surface area contributed by atoms with Crippen LogP contribution < -0.4 is 10.1 Å². The summed E-state index contributed by atoms with van der Waals surface area (Å²) in [7, 11) is 4.00. The second-order valence-corrected chi connectivity index (χ2v) is 10.7. The summed E-state index contributed by atoms with van der Waals surface area (Å²) >= 11 is 0. The molecule has 2 aliphatic heterocycles. The Morgan fingerprint density at radius 1 is 0.917 bits per heavy atom. The van der Waals surface area contributed by atoms with Crippen molar-refractivity contribution in [2.45, 2.75) is 82.2 Å². The molecule has 7 heteroatoms. The topological polar surface area (TPSA) is 65.0 Å². The first-order valence-electron chi connectivity index (χ1n) is 13.1. The Balaban J connectivity index is 0.000000190. The molecule has 2 aliphatic carbocycles. The number of hydrogen-bond acceptors (Lipinski definition) is 5. The van der Waals surface area contributed by atoms with Crippen molar-refractivity contribution in [3.63, 3.8) is 0 Å². The van der Waals surface area contributed by atoms with Gasteiger partial charge in [-0.05, 0) is 119 Å². The van der Waals surface area contributed by atoms with Gasteiger partial charge in [-0.25, -0.2) is 0 Å². The second kappa shape index (κ2) is 12.4. The maximum absolute atomic E-state index is 9.94. The minimum atomic E-state index is 0. The summed E-state index contributed by atoms with van der Waals surface area (Å²) < 4.78 is 5.60. The third-order valence-corrected chi connectivity index (χ3v) is 8.83. The van der Waals surface area contributed by atoms with Crippen LogP contribution in [-0.4, -0.2) is 54.4 Å². The molecule has 0 amide bonds. The number of likely N-dealkylation sites (tertiary alicyclic amines) is 1. The normalized spacial score (nSPS) is 26.3. The van der Waals surface area contributed by atoms with E-state index in [9.17, 15) is 10.2 Å². The number of rotatable bonds is 1. The molecule has 200 valence electrons. The van der Waals surface area contributed by atoms with E-state index in [1.807, 2.05) is 6.07 Å². The molecular formula is C29H42BrClN2O3. The van der Waals surface area contributed by atoms with E-state index in [1.54, 1.807) is 13.2 Å². The monoisotopic (exact) mass is 580 g/mol. The lowest BCUT2D eigenvalue weighted by atomic mass is 9.74. The highest BCUT2D eigenvalue weighted by atomic mass is 79.9. The predicted molar refractivity (Wildman–Crippen MR) is 154 cm³/mol. The molecular weight excluding hydrogens is 540 g/mol. The van der Waals surface area contributed by atoms with Crippen LogP contribution in [0.25, 0.3) is 0 Å². The third-order valence-electron chi connectivity index (χ3n) is 8.83. The minimum absolute atomic E-state index is 0. The molecule has 4 aliphatic rings. The van der Waals surface area contributed by atoms with Crippen molar-refractivity contribution in [3.8, 4) is 17.2 Å². The molecule has 0 aromatic heterocycles. The van der Waals surface area contributed by atoms with Crippen LogP contribution in [0.1, 0.15) is 78.2 Å². The van der Waals surface area contributed by atoms with Gasteiger partial charge in [0, 0.05) is 17.6 Å². The van der Waals surface area contributed by atoms with Crippen LogP contribution in [0.3, 0.4) is 0 Å². The molecule has 0 radical (unpaired) electrons. The molecule has 0 saturated carbocycles. The third kappa shape index (κ3) is 5.38. The summed E-state index contributed by atoms with van der Waals surface area (Å²) in [5, 5.41) is 23.2. The van der Waals surface area contributed by atoms with Crippen LogP contribution in [0.2, 0.25) is 0 Å². The van der Waals surface area contributed by atoms with Gasteiger partial charge in [0.25, 0.3) is 0 Å². The lowest BCUT2D eigenvalue weighted by Gasteiger charge is -2.43. The molecule has 0 bridgehead atoms. The number of hydrogen-bond donors (Lipinski definition) is 3. The van der Waals surface area contributed by atoms with Gasteiger partial charge >= 0.3 is 0 Å². The molecule has 6 rings (SSSR count). The van der Waals surface area contributed by atoms with E-state index >= 15 is 0 Å². The fraction of sp³-hybridized carbons (Fsp3) is 0.586. The van der Waals surface area contributed by atoms with Gasteiger partial charge in [0.15, 0.2) is 11.5 Å². The van der Waals surface area contributed by atoms with Gasteiger partial charge in [0.05, 0.1) is 7.11 Å². The van der Waals surface area contributed by atoms with Crippen molar-refractivity contribution in [2.24, 2.45) is 0 Å². The number of aromatic hydroxyl groups is 2. The number of aryl methyl sites for hydroxylation is 1. The number of ether oxygens (including phenoxy) is 1. The summed E-state index contributed by atoms with van der Waals surface area (Å²) in [5.41, 5.74) is 6.51. The quantitative estimate of drug-likeness (QED) is 0.360. The van der Waals surface area contributed by atoms with Crippen molar-refractivity contribution >= 4 is 29.4 Å². The maximum Gasteiger partial charge on any atom is 0.160 e. The zero-order valence-electron chi connectivity index (χ0n) is 21.8. The maximum atomic E-state index is 9.94. The molecule has 2 saturated heterocycles. The number of methoxy groups -OCH3 is 1. The minimum Gasteiger partial charge on any atom is -0.504 e. The van der Waals surface area contributed by atoms with E-state index in [0.29, 0.717) is 23.9 Å². The van der Waals surface area contributed by atoms with Gasteiger partial charge in [0.1, 0.15) is 5.75 Å². The Morgan fingerprint density at radius 2 is 1.61 bits per heavy atom. The Bertz CT molecular complexity index is 1050. The number of halogens is 2. The van der Waals surface area contributed by atoms with E-state index in [4.69, 9.17) is 4.74 Å². The molecule has 36 heavy (non-hydrogen) atoms. The number of nitrogens with zero attached hydrogens (tertiary/aromatic N) is 1. The number of fused-ring (bicyclic) bond motifs is 6. The van der Waals surface area contributed by atoms with Crippen molar-refractivity contribution in [2.75, 3.05) is 27.2 Å². The van der Waals surface area contributed by atoms with Crippen molar-refractivity contribution in [1.82, 2.24) is 10.2 Å². The molecule has 2 aromatic rings. The van der Waals surface area contributed by atoms with Crippen molar-refractivity contribution in [1.29, 1.82) is 0 Å². The average molecular weight is 582 g/mol. The number of piperidine rings is 2. The van der Waals surface area contributed by atoms with Gasteiger partial charge in [-0.3, -0.25) is 0 Å². The first-order chi connectivity index (χ1) is 16.5. The number of nitrogens with one attached hydrogen (secondary N) is 1. The molecule has 5 nitrogen and oxygen atoms in total. The molecule has 3 N–H and O–H groups in total. The van der Waals surface area contributed by atoms with Crippen molar-refractivity contribution in [3.05, 3.63) is 52.1 Å². The first kappa shape index (κ1) is 29.1. The van der Waals surface area contributed by atoms with E-state index in [-0.39, 0.29) is 40.9 Å². The molecule has 0 spiro atoms. The largest absolute Gasteiger partial charge is 0.504 e. The molecule has 0 unspecified atom stereocenters. The smallest absolute Gasteiger partial charge is 0.160 e. The molecule has 4 atom stereocenters. The Labute approximate surface area is 232 Å². The van der Waals surface area contributed by atoms with Crippen LogP contribution >= 0.6 is 29.4 Å². The Morgan fingerprint density at radius 3 is 2.39 bits per heavy atom. The van der Waals surface area contributed by atoms with Gasteiger partial charge in [-0.2, -0.15) is 0 Å². The summed E-state index contributed by atoms with van der Waals surface area (Å²) in [4.78, 5) is 2.45. The summed E-state index contributed by atoms with van der Waals surface area (Å²) in [5.74, 6) is 2.50. The van der Waals surface area contributed by atoms with E-state index < -0.39 is 0 Å². The molecule has 2 heterocycles. The SMILES string of the molecule is Br.CN1CCC[C@@H]2c3ccc(O)c(O)c3CC[C@H]21.COc1c(C)ccc2c1CC[C@H]1NCCC[C@H]21.Cl. The summed E-state index contributed by atoms with van der Waals surface area (Å²) in [6, 6.07) is 9.49. The molecule has 2 fully saturated rings. The highest BCUT2D eigenvalue weighted by Gasteiger charge is 2.36. The number of phenolic OH excluding ortho intramolecular Hbond substituents is 2. The highest BCUT2D eigenvalue weighted by Crippen LogP contribution is 2.45. The molecule has 2 aromatic carbocycles. The number of likely N-dealkylation sites (N-methyl/N-ethyl adjacent to an activating group) is 1. The van der Waals surface area contributed by atoms with Gasteiger partial charge < -0.3 is 25.2 Å². The second-order valence-electron chi connectivity index (χ2n) is 10.7. The van der Waals surface area contributed by atoms with Gasteiger partial charge in [0.2, 0.25) is 0 Å². The fourth-order valence-electron chi connectivity index (χ4n) is 7.13.